The van der Waals surface area contributed by atoms with Gasteiger partial charge < -0.3 is 10.2 Å². The molecule has 18 atom stereocenters. The maximum Gasteiger partial charge on any atom is 0.0594 e. The molecule has 10 saturated carbocycles. The highest BCUT2D eigenvalue weighted by molar-refractivity contribution is 5.32. The van der Waals surface area contributed by atoms with Crippen LogP contribution < -0.4 is 0 Å². The second kappa shape index (κ2) is 15.3. The van der Waals surface area contributed by atoms with Crippen LogP contribution >= 0.6 is 0 Å². The number of hydrogen-bond acceptors (Lipinski definition) is 2. The number of hydrogen-bond donors (Lipinski definition) is 2. The van der Waals surface area contributed by atoms with Crippen molar-refractivity contribution in [2.45, 2.75) is 257 Å². The molecular formula is C61H104O2. The Kier molecular flexibility index (Phi) is 11.6. The third-order valence-electron chi connectivity index (χ3n) is 26.9. The van der Waals surface area contributed by atoms with Gasteiger partial charge in [0.1, 0.15) is 0 Å². The minimum Gasteiger partial charge on any atom is -0.393 e. The fraction of sp³-hybridized carbons (Fsp3) is 0.967. The number of aliphatic hydroxyl groups is 2. The average Bonchev–Trinajstić information content (AvgIpc) is 4.02. The van der Waals surface area contributed by atoms with Gasteiger partial charge in [-0.25, -0.2) is 0 Å². The summed E-state index contributed by atoms with van der Waals surface area (Å²) in [6.45, 7) is 39.5. The van der Waals surface area contributed by atoms with Crippen LogP contribution in [-0.4, -0.2) is 22.4 Å². The summed E-state index contributed by atoms with van der Waals surface area (Å²) < 4.78 is 0. The van der Waals surface area contributed by atoms with Gasteiger partial charge >= 0.3 is 0 Å². The van der Waals surface area contributed by atoms with E-state index in [9.17, 15) is 10.2 Å². The first-order chi connectivity index (χ1) is 29.3. The Morgan fingerprint density at radius 2 is 0.857 bits per heavy atom. The lowest BCUT2D eigenvalue weighted by Crippen LogP contribution is -2.57. The Bertz CT molecular complexity index is 1740. The third kappa shape index (κ3) is 6.30. The third-order valence-corrected chi connectivity index (χ3v) is 26.9. The van der Waals surface area contributed by atoms with Crippen molar-refractivity contribution in [3.05, 3.63) is 12.2 Å². The Morgan fingerprint density at radius 3 is 1.27 bits per heavy atom. The summed E-state index contributed by atoms with van der Waals surface area (Å²) in [6, 6.07) is 0. The van der Waals surface area contributed by atoms with Gasteiger partial charge in [-0.3, -0.25) is 0 Å². The van der Waals surface area contributed by atoms with E-state index in [-0.39, 0.29) is 23.0 Å². The predicted molar refractivity (Wildman–Crippen MR) is 266 cm³/mol. The molecule has 10 aliphatic carbocycles. The Hall–Kier alpha value is -0.340. The number of allylic oxidation sites excluding steroid dienone is 1. The molecule has 0 aliphatic heterocycles. The zero-order chi connectivity index (χ0) is 45.8. The summed E-state index contributed by atoms with van der Waals surface area (Å²) >= 11 is 0. The van der Waals surface area contributed by atoms with Crippen molar-refractivity contribution in [3.8, 4) is 0 Å². The van der Waals surface area contributed by atoms with Crippen LogP contribution in [0.3, 0.4) is 0 Å². The van der Waals surface area contributed by atoms with Gasteiger partial charge in [-0.05, 0) is 242 Å². The number of aliphatic hydroxyl groups excluding tert-OH is 2. The molecule has 0 aromatic rings. The maximum absolute atomic E-state index is 10.9. The van der Waals surface area contributed by atoms with Crippen molar-refractivity contribution >= 4 is 0 Å². The van der Waals surface area contributed by atoms with E-state index < -0.39 is 0 Å². The molecule has 10 fully saturated rings. The van der Waals surface area contributed by atoms with Crippen LogP contribution in [0.5, 0.6) is 0 Å². The summed E-state index contributed by atoms with van der Waals surface area (Å²) in [5.74, 6) is 8.42. The van der Waals surface area contributed by atoms with Gasteiger partial charge in [0, 0.05) is 0 Å². The molecule has 10 aliphatic rings. The number of fused-ring (bicyclic) bond motifs is 4. The van der Waals surface area contributed by atoms with E-state index in [1.807, 2.05) is 0 Å². The van der Waals surface area contributed by atoms with Crippen LogP contribution in [0.25, 0.3) is 0 Å². The van der Waals surface area contributed by atoms with Crippen LogP contribution in [-0.2, 0) is 0 Å². The van der Waals surface area contributed by atoms with Gasteiger partial charge in [0.2, 0.25) is 0 Å². The van der Waals surface area contributed by atoms with Crippen LogP contribution in [0.15, 0.2) is 12.2 Å². The molecule has 2 N–H and O–H groups in total. The van der Waals surface area contributed by atoms with Crippen molar-refractivity contribution < 1.29 is 10.2 Å². The normalized spacial score (nSPS) is 52.6. The molecule has 18 unspecified atom stereocenters. The van der Waals surface area contributed by atoms with E-state index in [0.29, 0.717) is 49.2 Å². The minimum atomic E-state index is -0.0888. The van der Waals surface area contributed by atoms with E-state index >= 15 is 0 Å². The van der Waals surface area contributed by atoms with Gasteiger partial charge in [0.25, 0.3) is 0 Å². The van der Waals surface area contributed by atoms with Crippen molar-refractivity contribution in [1.82, 2.24) is 0 Å². The lowest BCUT2D eigenvalue weighted by atomic mass is 9.41. The van der Waals surface area contributed by atoms with Crippen LogP contribution in [0.4, 0.5) is 0 Å². The summed E-state index contributed by atoms with van der Waals surface area (Å²) in [6.07, 6.45) is 31.8. The quantitative estimate of drug-likeness (QED) is 0.215. The van der Waals surface area contributed by atoms with Gasteiger partial charge in [0.15, 0.2) is 0 Å². The summed E-state index contributed by atoms with van der Waals surface area (Å²) in [7, 11) is 0. The first-order valence-corrected chi connectivity index (χ1v) is 28.3. The molecule has 360 valence electrons. The van der Waals surface area contributed by atoms with Crippen LogP contribution in [0, 0.1) is 113 Å². The smallest absolute Gasteiger partial charge is 0.0594 e. The highest BCUT2D eigenvalue weighted by Crippen LogP contribution is 2.90. The molecule has 0 radical (unpaired) electrons. The maximum atomic E-state index is 10.9. The van der Waals surface area contributed by atoms with E-state index in [4.69, 9.17) is 0 Å². The lowest BCUT2D eigenvalue weighted by Gasteiger charge is -2.63. The zero-order valence-electron chi connectivity index (χ0n) is 44.3. The van der Waals surface area contributed by atoms with Crippen molar-refractivity contribution in [1.29, 1.82) is 0 Å². The van der Waals surface area contributed by atoms with Crippen LogP contribution in [0.1, 0.15) is 245 Å². The van der Waals surface area contributed by atoms with Gasteiger partial charge in [-0.1, -0.05) is 128 Å². The fourth-order valence-corrected chi connectivity index (χ4v) is 22.6. The minimum absolute atomic E-state index is 0.0793. The fourth-order valence-electron chi connectivity index (χ4n) is 22.6. The van der Waals surface area contributed by atoms with Crippen molar-refractivity contribution in [2.24, 2.45) is 113 Å². The lowest BCUT2D eigenvalue weighted by molar-refractivity contribution is -0.161. The molecule has 0 heterocycles. The van der Waals surface area contributed by atoms with Gasteiger partial charge in [-0.15, -0.1) is 0 Å². The summed E-state index contributed by atoms with van der Waals surface area (Å²) in [5, 5.41) is 21.7. The molecule has 0 aromatic carbocycles. The Labute approximate surface area is 390 Å². The van der Waals surface area contributed by atoms with Crippen molar-refractivity contribution in [3.63, 3.8) is 0 Å². The second-order valence-corrected chi connectivity index (χ2v) is 29.7. The topological polar surface area (TPSA) is 40.5 Å². The zero-order valence-corrected chi connectivity index (χ0v) is 44.3. The molecule has 2 nitrogen and oxygen atoms in total. The van der Waals surface area contributed by atoms with Crippen LogP contribution in [0.2, 0.25) is 0 Å². The molecule has 10 rings (SSSR count). The number of rotatable bonds is 10. The molecule has 0 saturated heterocycles. The average molecular weight is 870 g/mol. The Morgan fingerprint density at radius 1 is 0.460 bits per heavy atom. The molecular weight excluding hydrogens is 765 g/mol. The molecule has 63 heavy (non-hydrogen) atoms. The van der Waals surface area contributed by atoms with E-state index in [0.717, 1.165) is 66.1 Å². The highest BCUT2D eigenvalue weighted by Gasteiger charge is 2.83. The molecule has 0 aromatic heterocycles. The SMILES string of the molecule is C=C(CCC(C)C1CCC2(C)C3CCC4C(C)(C)C(O)CCC45CC35CCC12C)C(C)C.CC(C)CCCC(C)C1CCC2(C)C3CCC4C(C)(C)C(O)CCC45CC35CCC12C. The van der Waals surface area contributed by atoms with Gasteiger partial charge in [0.05, 0.1) is 12.2 Å². The summed E-state index contributed by atoms with van der Waals surface area (Å²) in [4.78, 5) is 0. The first-order valence-electron chi connectivity index (χ1n) is 28.3. The van der Waals surface area contributed by atoms with E-state index in [1.165, 1.54) is 140 Å². The monoisotopic (exact) mass is 869 g/mol. The first kappa shape index (κ1) is 47.7. The molecule has 0 amide bonds. The second-order valence-electron chi connectivity index (χ2n) is 29.7. The molecule has 0 bridgehead atoms. The highest BCUT2D eigenvalue weighted by atomic mass is 16.3. The Balaban J connectivity index is 0.000000160. The molecule has 2 heteroatoms. The predicted octanol–water partition coefficient (Wildman–Crippen LogP) is 16.7. The van der Waals surface area contributed by atoms with E-state index in [2.05, 4.69) is 104 Å². The van der Waals surface area contributed by atoms with E-state index in [1.54, 1.807) is 0 Å². The standard InChI is InChI=1S/C31H52O.C30H52O/c1-20(2)21(3)9-10-22(4)23-13-15-29(8)25-12-11-24-27(5,6)26(32)14-16-30(24)19-31(25,30)18-17-28(23,29)7;1-20(2)9-8-10-21(3)22-13-15-28(7)24-12-11-23-26(4,5)25(31)14-16-29(23)19-30(24,29)18-17-27(22,28)6/h20,22-26,32H,3,9-19H2,1-2,4-8H3;20-25,31H,8-19H2,1-7H3. The van der Waals surface area contributed by atoms with Gasteiger partial charge in [-0.2, -0.15) is 0 Å². The van der Waals surface area contributed by atoms with Crippen molar-refractivity contribution in [2.75, 3.05) is 0 Å². The molecule has 4 spiro atoms. The largest absolute Gasteiger partial charge is 0.393 e. The summed E-state index contributed by atoms with van der Waals surface area (Å²) in [5.41, 5.74) is 6.24.